The third-order valence-corrected chi connectivity index (χ3v) is 2.07. The molecule has 0 atom stereocenters. The lowest BCUT2D eigenvalue weighted by Crippen LogP contribution is -1.82. The first-order valence-electron chi connectivity index (χ1n) is 4.37. The van der Waals surface area contributed by atoms with Crippen molar-refractivity contribution < 1.29 is 0 Å². The lowest BCUT2D eigenvalue weighted by Gasteiger charge is -2.02. The van der Waals surface area contributed by atoms with Crippen LogP contribution in [-0.2, 0) is 0 Å². The van der Waals surface area contributed by atoms with E-state index in [1.807, 2.05) is 42.5 Å². The highest BCUT2D eigenvalue weighted by Gasteiger charge is 2.01. The van der Waals surface area contributed by atoms with Gasteiger partial charge in [-0.15, -0.1) is 0 Å². The van der Waals surface area contributed by atoms with Crippen molar-refractivity contribution in [2.75, 3.05) is 0 Å². The summed E-state index contributed by atoms with van der Waals surface area (Å²) < 4.78 is 0. The number of nitriles is 1. The van der Waals surface area contributed by atoms with Crippen molar-refractivity contribution in [1.82, 2.24) is 0 Å². The number of hydrogen-bond donors (Lipinski definition) is 0. The third kappa shape index (κ3) is 1.51. The summed E-state index contributed by atoms with van der Waals surface area (Å²) in [4.78, 5) is 0. The molecule has 1 heteroatoms. The standard InChI is InChI=1S/C13H8N/c14-10-12-8-4-5-9-13(12)11-6-2-1-3-7-11/h1-3,5-9H. The maximum absolute atomic E-state index is 8.91. The van der Waals surface area contributed by atoms with Crippen LogP contribution in [0, 0.1) is 17.4 Å². The van der Waals surface area contributed by atoms with Gasteiger partial charge in [0.25, 0.3) is 0 Å². The quantitative estimate of drug-likeness (QED) is 0.658. The molecule has 0 saturated heterocycles. The minimum Gasteiger partial charge on any atom is -0.192 e. The minimum atomic E-state index is 0.665. The van der Waals surface area contributed by atoms with Gasteiger partial charge in [-0.2, -0.15) is 5.26 Å². The zero-order valence-corrected chi connectivity index (χ0v) is 7.57. The maximum Gasteiger partial charge on any atom is 0.0998 e. The smallest absolute Gasteiger partial charge is 0.0998 e. The maximum atomic E-state index is 8.91. The van der Waals surface area contributed by atoms with E-state index in [1.54, 1.807) is 6.07 Å². The van der Waals surface area contributed by atoms with E-state index < -0.39 is 0 Å². The lowest BCUT2D eigenvalue weighted by atomic mass is 10.0. The normalized spacial score (nSPS) is 9.36. The van der Waals surface area contributed by atoms with E-state index in [0.717, 1.165) is 11.1 Å². The molecule has 0 aliphatic heterocycles. The third-order valence-electron chi connectivity index (χ3n) is 2.07. The predicted octanol–water partition coefficient (Wildman–Crippen LogP) is 3.03. The summed E-state index contributed by atoms with van der Waals surface area (Å²) in [6, 6.07) is 20.4. The van der Waals surface area contributed by atoms with Crippen LogP contribution in [0.4, 0.5) is 0 Å². The molecule has 0 saturated carbocycles. The Bertz CT molecular complexity index is 466. The van der Waals surface area contributed by atoms with E-state index in [2.05, 4.69) is 12.1 Å². The average molecular weight is 178 g/mol. The zero-order chi connectivity index (χ0) is 9.80. The first kappa shape index (κ1) is 8.52. The van der Waals surface area contributed by atoms with Gasteiger partial charge >= 0.3 is 0 Å². The van der Waals surface area contributed by atoms with Gasteiger partial charge in [0, 0.05) is 0 Å². The van der Waals surface area contributed by atoms with Crippen molar-refractivity contribution in [2.45, 2.75) is 0 Å². The van der Waals surface area contributed by atoms with E-state index in [1.165, 1.54) is 0 Å². The van der Waals surface area contributed by atoms with Crippen molar-refractivity contribution in [1.29, 1.82) is 5.26 Å². The molecule has 0 fully saturated rings. The Morgan fingerprint density at radius 2 is 1.86 bits per heavy atom. The molecule has 0 spiro atoms. The molecule has 0 unspecified atom stereocenters. The fraction of sp³-hybridized carbons (Fsp3) is 0. The summed E-state index contributed by atoms with van der Waals surface area (Å²) in [7, 11) is 0. The summed E-state index contributed by atoms with van der Waals surface area (Å²) in [6.07, 6.45) is 0. The average Bonchev–Trinajstić information content (AvgIpc) is 2.30. The Hall–Kier alpha value is -2.07. The van der Waals surface area contributed by atoms with Crippen LogP contribution in [0.2, 0.25) is 0 Å². The molecule has 1 nitrogen and oxygen atoms in total. The zero-order valence-electron chi connectivity index (χ0n) is 7.57. The SMILES string of the molecule is N#Cc1c[c]ccc1-c1ccccc1. The van der Waals surface area contributed by atoms with Crippen molar-refractivity contribution >= 4 is 0 Å². The molecule has 0 aliphatic carbocycles. The van der Waals surface area contributed by atoms with Crippen LogP contribution in [-0.4, -0.2) is 0 Å². The summed E-state index contributed by atoms with van der Waals surface area (Å²) >= 11 is 0. The molecule has 2 aromatic carbocycles. The molecule has 0 aliphatic rings. The van der Waals surface area contributed by atoms with Gasteiger partial charge in [-0.05, 0) is 23.3 Å². The minimum absolute atomic E-state index is 0.665. The summed E-state index contributed by atoms with van der Waals surface area (Å²) in [5.74, 6) is 0. The van der Waals surface area contributed by atoms with Crippen LogP contribution in [0.3, 0.4) is 0 Å². The van der Waals surface area contributed by atoms with Crippen molar-refractivity contribution in [2.24, 2.45) is 0 Å². The van der Waals surface area contributed by atoms with E-state index in [-0.39, 0.29) is 0 Å². The Morgan fingerprint density at radius 3 is 2.57 bits per heavy atom. The topological polar surface area (TPSA) is 23.8 Å². The van der Waals surface area contributed by atoms with E-state index in [4.69, 9.17) is 5.26 Å². The monoisotopic (exact) mass is 178 g/mol. The summed E-state index contributed by atoms with van der Waals surface area (Å²) in [6.45, 7) is 0. The van der Waals surface area contributed by atoms with Crippen LogP contribution < -0.4 is 0 Å². The molecule has 0 aromatic heterocycles. The van der Waals surface area contributed by atoms with E-state index in [9.17, 15) is 0 Å². The summed E-state index contributed by atoms with van der Waals surface area (Å²) in [5, 5.41) is 8.91. The Labute approximate surface area is 83.2 Å². The van der Waals surface area contributed by atoms with Gasteiger partial charge in [0.2, 0.25) is 0 Å². The van der Waals surface area contributed by atoms with Gasteiger partial charge in [-0.3, -0.25) is 0 Å². The lowest BCUT2D eigenvalue weighted by molar-refractivity contribution is 1.47. The molecule has 0 heterocycles. The highest BCUT2D eigenvalue weighted by molar-refractivity contribution is 5.69. The highest BCUT2D eigenvalue weighted by atomic mass is 14.2. The molecular weight excluding hydrogens is 170 g/mol. The van der Waals surface area contributed by atoms with Gasteiger partial charge in [0.05, 0.1) is 11.6 Å². The van der Waals surface area contributed by atoms with Crippen molar-refractivity contribution in [3.05, 3.63) is 60.2 Å². The second kappa shape index (κ2) is 3.76. The number of rotatable bonds is 1. The van der Waals surface area contributed by atoms with Gasteiger partial charge in [-0.25, -0.2) is 0 Å². The van der Waals surface area contributed by atoms with Gasteiger partial charge in [-0.1, -0.05) is 42.5 Å². The molecular formula is C13H8N. The molecule has 14 heavy (non-hydrogen) atoms. The fourth-order valence-corrected chi connectivity index (χ4v) is 1.39. The molecule has 2 aromatic rings. The number of benzene rings is 2. The molecule has 2 rings (SSSR count). The van der Waals surface area contributed by atoms with E-state index in [0.29, 0.717) is 5.56 Å². The van der Waals surface area contributed by atoms with Crippen LogP contribution >= 0.6 is 0 Å². The second-order valence-electron chi connectivity index (χ2n) is 2.95. The van der Waals surface area contributed by atoms with E-state index >= 15 is 0 Å². The van der Waals surface area contributed by atoms with Crippen LogP contribution in [0.1, 0.15) is 5.56 Å². The van der Waals surface area contributed by atoms with Crippen LogP contribution in [0.25, 0.3) is 11.1 Å². The van der Waals surface area contributed by atoms with Gasteiger partial charge in [0.15, 0.2) is 0 Å². The fourth-order valence-electron chi connectivity index (χ4n) is 1.39. The highest BCUT2D eigenvalue weighted by Crippen LogP contribution is 2.21. The van der Waals surface area contributed by atoms with Gasteiger partial charge in [0.1, 0.15) is 0 Å². The van der Waals surface area contributed by atoms with Crippen molar-refractivity contribution in [3.63, 3.8) is 0 Å². The number of nitrogens with zero attached hydrogens (tertiary/aromatic N) is 1. The number of hydrogen-bond acceptors (Lipinski definition) is 1. The van der Waals surface area contributed by atoms with Crippen molar-refractivity contribution in [3.8, 4) is 17.2 Å². The molecule has 0 amide bonds. The molecule has 65 valence electrons. The first-order valence-corrected chi connectivity index (χ1v) is 4.37. The summed E-state index contributed by atoms with van der Waals surface area (Å²) in [5.41, 5.74) is 2.70. The Balaban J connectivity index is 2.58. The second-order valence-corrected chi connectivity index (χ2v) is 2.95. The first-order chi connectivity index (χ1) is 6.92. The van der Waals surface area contributed by atoms with Crippen LogP contribution in [0.15, 0.2) is 48.5 Å². The van der Waals surface area contributed by atoms with Gasteiger partial charge < -0.3 is 0 Å². The Morgan fingerprint density at radius 1 is 1.07 bits per heavy atom. The largest absolute Gasteiger partial charge is 0.192 e. The Kier molecular flexibility index (Phi) is 2.29. The van der Waals surface area contributed by atoms with Crippen LogP contribution in [0.5, 0.6) is 0 Å². The molecule has 1 radical (unpaired) electrons. The molecule has 0 bridgehead atoms. The molecule has 0 N–H and O–H groups in total. The predicted molar refractivity (Wildman–Crippen MR) is 55.4 cm³/mol.